The van der Waals surface area contributed by atoms with Crippen molar-refractivity contribution in [1.29, 1.82) is 0 Å². The minimum Gasteiger partial charge on any atom is -0.508 e. The fourth-order valence-corrected chi connectivity index (χ4v) is 4.49. The third kappa shape index (κ3) is 8.63. The van der Waals surface area contributed by atoms with E-state index in [0.29, 0.717) is 24.1 Å². The molecule has 1 fully saturated rings. The number of unbranched alkanes of at least 4 members (excludes halogenated alkanes) is 1. The summed E-state index contributed by atoms with van der Waals surface area (Å²) in [5, 5.41) is 25.6. The molecule has 4 atom stereocenters. The molecular formula is C30H41N3O6. The van der Waals surface area contributed by atoms with E-state index in [1.807, 2.05) is 13.8 Å². The van der Waals surface area contributed by atoms with Gasteiger partial charge in [0.25, 0.3) is 0 Å². The maximum Gasteiger partial charge on any atom is 0.408 e. The lowest BCUT2D eigenvalue weighted by Gasteiger charge is -2.35. The Labute approximate surface area is 230 Å². The quantitative estimate of drug-likeness (QED) is 0.313. The van der Waals surface area contributed by atoms with Gasteiger partial charge in [-0.05, 0) is 74.9 Å². The first kappa shape index (κ1) is 29.8. The smallest absolute Gasteiger partial charge is 0.408 e. The largest absolute Gasteiger partial charge is 0.508 e. The zero-order chi connectivity index (χ0) is 28.7. The maximum atomic E-state index is 14.3. The highest BCUT2D eigenvalue weighted by Crippen LogP contribution is 2.41. The van der Waals surface area contributed by atoms with Crippen molar-refractivity contribution >= 4 is 17.9 Å². The molecule has 1 aliphatic carbocycles. The molecule has 0 spiro atoms. The molecule has 2 aromatic carbocycles. The van der Waals surface area contributed by atoms with Crippen LogP contribution in [0.5, 0.6) is 11.5 Å². The molecule has 1 aliphatic rings. The van der Waals surface area contributed by atoms with E-state index in [4.69, 9.17) is 4.74 Å². The molecule has 9 nitrogen and oxygen atoms in total. The number of hydrogen-bond donors (Lipinski definition) is 4. The standard InChI is InChI=1S/C30H41N3O6/c1-6-7-15-31-27(36)26(21-9-8-10-23(35)18-21)33(25-16-19(25)2)28(37)24(32-29(38)39-30(3,4)5)17-20-11-13-22(34)14-12-20/h8-14,18-19,24-26,34-35H,6-7,15-17H2,1-5H3,(H,31,36)(H,32,38). The summed E-state index contributed by atoms with van der Waals surface area (Å²) in [6.07, 6.45) is 1.77. The molecule has 4 unspecified atom stereocenters. The number of hydrogen-bond acceptors (Lipinski definition) is 6. The Kier molecular flexibility index (Phi) is 9.83. The predicted molar refractivity (Wildman–Crippen MR) is 148 cm³/mol. The number of phenols is 2. The minimum absolute atomic E-state index is 0.0115. The van der Waals surface area contributed by atoms with E-state index < -0.39 is 29.7 Å². The van der Waals surface area contributed by atoms with Crippen LogP contribution < -0.4 is 10.6 Å². The summed E-state index contributed by atoms with van der Waals surface area (Å²) in [4.78, 5) is 42.3. The molecule has 9 heteroatoms. The van der Waals surface area contributed by atoms with Gasteiger partial charge < -0.3 is 30.5 Å². The van der Waals surface area contributed by atoms with Crippen LogP contribution in [0.25, 0.3) is 0 Å². The number of rotatable bonds is 11. The second-order valence-corrected chi connectivity index (χ2v) is 11.2. The van der Waals surface area contributed by atoms with E-state index in [9.17, 15) is 24.6 Å². The number of alkyl carbamates (subject to hydrolysis) is 1. The number of aromatic hydroxyl groups is 2. The van der Waals surface area contributed by atoms with Crippen molar-refractivity contribution < 1.29 is 29.3 Å². The summed E-state index contributed by atoms with van der Waals surface area (Å²) < 4.78 is 5.45. The Bertz CT molecular complexity index is 1140. The number of carbonyl (C=O) groups is 3. The lowest BCUT2D eigenvalue weighted by Crippen LogP contribution is -2.54. The molecule has 0 bridgehead atoms. The first-order valence-corrected chi connectivity index (χ1v) is 13.6. The molecule has 3 rings (SSSR count). The van der Waals surface area contributed by atoms with Gasteiger partial charge in [0.1, 0.15) is 29.2 Å². The van der Waals surface area contributed by atoms with Gasteiger partial charge in [0, 0.05) is 19.0 Å². The SMILES string of the molecule is CCCCNC(=O)C(c1cccc(O)c1)N(C(=O)C(Cc1ccc(O)cc1)NC(=O)OC(C)(C)C)C1CC1C. The van der Waals surface area contributed by atoms with Crippen LogP contribution in [0.15, 0.2) is 48.5 Å². The Hall–Kier alpha value is -3.75. The van der Waals surface area contributed by atoms with Crippen LogP contribution in [0.1, 0.15) is 71.0 Å². The van der Waals surface area contributed by atoms with E-state index in [-0.39, 0.29) is 35.8 Å². The van der Waals surface area contributed by atoms with Crippen molar-refractivity contribution in [1.82, 2.24) is 15.5 Å². The van der Waals surface area contributed by atoms with Crippen LogP contribution in [0, 0.1) is 5.92 Å². The number of amides is 3. The Balaban J connectivity index is 2.01. The number of nitrogens with one attached hydrogen (secondary N) is 2. The molecule has 0 aliphatic heterocycles. The maximum absolute atomic E-state index is 14.3. The second-order valence-electron chi connectivity index (χ2n) is 11.2. The van der Waals surface area contributed by atoms with Crippen molar-refractivity contribution in [2.45, 2.75) is 84.0 Å². The van der Waals surface area contributed by atoms with Crippen LogP contribution in [0.3, 0.4) is 0 Å². The van der Waals surface area contributed by atoms with E-state index in [1.54, 1.807) is 49.9 Å². The number of benzene rings is 2. The second kappa shape index (κ2) is 12.9. The van der Waals surface area contributed by atoms with Gasteiger partial charge in [-0.3, -0.25) is 9.59 Å². The van der Waals surface area contributed by atoms with E-state index in [2.05, 4.69) is 10.6 Å². The predicted octanol–water partition coefficient (Wildman–Crippen LogP) is 4.43. The Morgan fingerprint density at radius 2 is 1.74 bits per heavy atom. The number of ether oxygens (including phenoxy) is 1. The average Bonchev–Trinajstić information content (AvgIpc) is 3.57. The molecule has 1 saturated carbocycles. The first-order chi connectivity index (χ1) is 18.4. The molecule has 0 aromatic heterocycles. The molecule has 0 radical (unpaired) electrons. The summed E-state index contributed by atoms with van der Waals surface area (Å²) in [6, 6.07) is 10.5. The fraction of sp³-hybridized carbons (Fsp3) is 0.500. The summed E-state index contributed by atoms with van der Waals surface area (Å²) in [5.41, 5.74) is 0.425. The number of phenolic OH excluding ortho intramolecular Hbond substituents is 2. The van der Waals surface area contributed by atoms with Gasteiger partial charge >= 0.3 is 6.09 Å². The highest BCUT2D eigenvalue weighted by molar-refractivity contribution is 5.93. The third-order valence-corrected chi connectivity index (χ3v) is 6.59. The van der Waals surface area contributed by atoms with Gasteiger partial charge in [0.05, 0.1) is 0 Å². The van der Waals surface area contributed by atoms with Crippen LogP contribution in [0.2, 0.25) is 0 Å². The zero-order valence-corrected chi connectivity index (χ0v) is 23.4. The van der Waals surface area contributed by atoms with Gasteiger partial charge in [0.2, 0.25) is 11.8 Å². The Morgan fingerprint density at radius 1 is 1.08 bits per heavy atom. The molecule has 3 amide bonds. The molecule has 2 aromatic rings. The monoisotopic (exact) mass is 539 g/mol. The van der Waals surface area contributed by atoms with Gasteiger partial charge in [-0.15, -0.1) is 0 Å². The van der Waals surface area contributed by atoms with Crippen molar-refractivity contribution in [2.75, 3.05) is 6.54 Å². The van der Waals surface area contributed by atoms with Crippen molar-refractivity contribution in [3.63, 3.8) is 0 Å². The van der Waals surface area contributed by atoms with Crippen LogP contribution in [0.4, 0.5) is 4.79 Å². The molecule has 0 heterocycles. The molecule has 39 heavy (non-hydrogen) atoms. The van der Waals surface area contributed by atoms with Gasteiger partial charge in [-0.25, -0.2) is 4.79 Å². The molecule has 0 saturated heterocycles. The van der Waals surface area contributed by atoms with Crippen molar-refractivity contribution in [2.24, 2.45) is 5.92 Å². The summed E-state index contributed by atoms with van der Waals surface area (Å²) in [5.74, 6) is -0.539. The third-order valence-electron chi connectivity index (χ3n) is 6.59. The highest BCUT2D eigenvalue weighted by Gasteiger charge is 2.48. The van der Waals surface area contributed by atoms with Crippen molar-refractivity contribution in [3.05, 3.63) is 59.7 Å². The van der Waals surface area contributed by atoms with Crippen LogP contribution in [-0.2, 0) is 20.7 Å². The normalized spacial score (nSPS) is 18.0. The Morgan fingerprint density at radius 3 is 2.31 bits per heavy atom. The molecule has 212 valence electrons. The highest BCUT2D eigenvalue weighted by atomic mass is 16.6. The average molecular weight is 540 g/mol. The lowest BCUT2D eigenvalue weighted by atomic mass is 9.99. The topological polar surface area (TPSA) is 128 Å². The number of carbonyl (C=O) groups excluding carboxylic acids is 3. The lowest BCUT2D eigenvalue weighted by molar-refractivity contribution is -0.143. The van der Waals surface area contributed by atoms with Crippen LogP contribution in [-0.4, -0.2) is 57.3 Å². The number of nitrogens with zero attached hydrogens (tertiary/aromatic N) is 1. The summed E-state index contributed by atoms with van der Waals surface area (Å²) >= 11 is 0. The van der Waals surface area contributed by atoms with Crippen LogP contribution >= 0.6 is 0 Å². The van der Waals surface area contributed by atoms with E-state index >= 15 is 0 Å². The fourth-order valence-electron chi connectivity index (χ4n) is 4.49. The minimum atomic E-state index is -1.04. The van der Waals surface area contributed by atoms with Gasteiger partial charge in [0.15, 0.2) is 0 Å². The van der Waals surface area contributed by atoms with Gasteiger partial charge in [-0.1, -0.05) is 44.5 Å². The van der Waals surface area contributed by atoms with E-state index in [0.717, 1.165) is 12.8 Å². The first-order valence-electron chi connectivity index (χ1n) is 13.6. The molecule has 4 N–H and O–H groups in total. The zero-order valence-electron chi connectivity index (χ0n) is 23.4. The van der Waals surface area contributed by atoms with Gasteiger partial charge in [-0.2, -0.15) is 0 Å². The van der Waals surface area contributed by atoms with Crippen molar-refractivity contribution in [3.8, 4) is 11.5 Å². The summed E-state index contributed by atoms with van der Waals surface area (Å²) in [6.45, 7) is 9.70. The summed E-state index contributed by atoms with van der Waals surface area (Å²) in [7, 11) is 0. The molecular weight excluding hydrogens is 498 g/mol. The van der Waals surface area contributed by atoms with E-state index in [1.165, 1.54) is 24.3 Å².